The highest BCUT2D eigenvalue weighted by molar-refractivity contribution is 5.96. The number of aromatic hydroxyl groups is 2. The predicted molar refractivity (Wildman–Crippen MR) is 118 cm³/mol. The Morgan fingerprint density at radius 2 is 1.67 bits per heavy atom. The summed E-state index contributed by atoms with van der Waals surface area (Å²) in [6.07, 6.45) is 4.32. The Labute approximate surface area is 189 Å². The van der Waals surface area contributed by atoms with E-state index < -0.39 is 23.7 Å². The average molecular weight is 453 g/mol. The summed E-state index contributed by atoms with van der Waals surface area (Å²) in [5.41, 5.74) is 0.511. The van der Waals surface area contributed by atoms with Crippen LogP contribution in [-0.2, 0) is 4.79 Å². The Balaban J connectivity index is 1.73. The van der Waals surface area contributed by atoms with Gasteiger partial charge in [0, 0.05) is 0 Å². The highest BCUT2D eigenvalue weighted by atomic mass is 19.1. The lowest BCUT2D eigenvalue weighted by molar-refractivity contribution is -0.141. The molecule has 9 heteroatoms. The zero-order valence-electron chi connectivity index (χ0n) is 17.7. The first-order chi connectivity index (χ1) is 15.8. The summed E-state index contributed by atoms with van der Waals surface area (Å²) in [6, 6.07) is 9.83. The Morgan fingerprint density at radius 3 is 2.27 bits per heavy atom. The molecule has 0 bridgehead atoms. The van der Waals surface area contributed by atoms with Crippen LogP contribution in [0.5, 0.6) is 11.5 Å². The highest BCUT2D eigenvalue weighted by Crippen LogP contribution is 2.38. The van der Waals surface area contributed by atoms with E-state index in [1.807, 2.05) is 0 Å². The lowest BCUT2D eigenvalue weighted by Gasteiger charge is -2.27. The normalized spacial score (nSPS) is 15.2. The summed E-state index contributed by atoms with van der Waals surface area (Å²) in [7, 11) is 0. The number of carbonyl (C=O) groups is 2. The summed E-state index contributed by atoms with van der Waals surface area (Å²) in [6.45, 7) is 0. The Hall–Kier alpha value is -3.88. The van der Waals surface area contributed by atoms with Gasteiger partial charge >= 0.3 is 5.97 Å². The summed E-state index contributed by atoms with van der Waals surface area (Å²) < 4.78 is 14.7. The minimum Gasteiger partial charge on any atom is -0.507 e. The molecule has 8 nitrogen and oxygen atoms in total. The second kappa shape index (κ2) is 9.32. The molecule has 3 aromatic rings. The Bertz CT molecular complexity index is 1150. The van der Waals surface area contributed by atoms with Crippen molar-refractivity contribution in [2.24, 2.45) is 5.92 Å². The molecule has 4 rings (SSSR count). The SMILES string of the molecule is O=C(NC(C(=O)O)C1CCCCC1)c1cc(-c2c(O)cccc2O)n(-c2ccc(F)cc2)n1. The van der Waals surface area contributed by atoms with Gasteiger partial charge in [0.15, 0.2) is 5.69 Å². The van der Waals surface area contributed by atoms with Gasteiger partial charge in [-0.25, -0.2) is 13.9 Å². The van der Waals surface area contributed by atoms with Gasteiger partial charge < -0.3 is 20.6 Å². The molecule has 172 valence electrons. The number of nitrogens with zero attached hydrogens (tertiary/aromatic N) is 2. The molecular weight excluding hydrogens is 429 g/mol. The average Bonchev–Trinajstić information content (AvgIpc) is 3.23. The second-order valence-corrected chi connectivity index (χ2v) is 8.16. The molecule has 2 aromatic carbocycles. The number of hydrogen-bond donors (Lipinski definition) is 4. The molecule has 33 heavy (non-hydrogen) atoms. The van der Waals surface area contributed by atoms with Crippen molar-refractivity contribution in [2.45, 2.75) is 38.1 Å². The van der Waals surface area contributed by atoms with Crippen molar-refractivity contribution in [3.8, 4) is 28.4 Å². The number of phenols is 2. The summed E-state index contributed by atoms with van der Waals surface area (Å²) in [5.74, 6) is -2.91. The maximum Gasteiger partial charge on any atom is 0.326 e. The van der Waals surface area contributed by atoms with Crippen LogP contribution in [0.1, 0.15) is 42.6 Å². The summed E-state index contributed by atoms with van der Waals surface area (Å²) in [5, 5.41) is 37.3. The molecule has 1 heterocycles. The quantitative estimate of drug-likeness (QED) is 0.449. The number of benzene rings is 2. The largest absolute Gasteiger partial charge is 0.507 e. The standard InChI is InChI=1S/C24H24FN3O5/c25-15-9-11-16(12-10-15)28-18(21-19(29)7-4-8-20(21)30)13-17(27-28)23(31)26-22(24(32)33)14-5-2-1-3-6-14/h4,7-14,22,29-30H,1-3,5-6H2,(H,26,31)(H,32,33). The molecular formula is C24H24FN3O5. The van der Waals surface area contributed by atoms with Crippen LogP contribution in [0.15, 0.2) is 48.5 Å². The molecule has 0 saturated heterocycles. The first kappa shape index (κ1) is 22.3. The monoisotopic (exact) mass is 453 g/mol. The number of amides is 1. The van der Waals surface area contributed by atoms with E-state index >= 15 is 0 Å². The third-order valence-corrected chi connectivity index (χ3v) is 5.96. The number of hydrogen-bond acceptors (Lipinski definition) is 5. The van der Waals surface area contributed by atoms with Gasteiger partial charge in [-0.3, -0.25) is 4.79 Å². The van der Waals surface area contributed by atoms with Crippen LogP contribution in [0.25, 0.3) is 16.9 Å². The van der Waals surface area contributed by atoms with Gasteiger partial charge in [-0.2, -0.15) is 5.10 Å². The van der Waals surface area contributed by atoms with Crippen molar-refractivity contribution >= 4 is 11.9 Å². The lowest BCUT2D eigenvalue weighted by Crippen LogP contribution is -2.46. The van der Waals surface area contributed by atoms with E-state index in [2.05, 4.69) is 10.4 Å². The number of carbonyl (C=O) groups excluding carboxylic acids is 1. The van der Waals surface area contributed by atoms with Crippen molar-refractivity contribution in [3.05, 3.63) is 60.0 Å². The van der Waals surface area contributed by atoms with Gasteiger partial charge in [0.25, 0.3) is 5.91 Å². The number of aliphatic carboxylic acids is 1. The summed E-state index contributed by atoms with van der Waals surface area (Å²) >= 11 is 0. The molecule has 1 saturated carbocycles. The van der Waals surface area contributed by atoms with Gasteiger partial charge in [-0.1, -0.05) is 25.3 Å². The third kappa shape index (κ3) is 4.67. The van der Waals surface area contributed by atoms with Gasteiger partial charge in [0.2, 0.25) is 0 Å². The number of carboxylic acid groups (broad SMARTS) is 1. The molecule has 1 aliphatic rings. The molecule has 0 aliphatic heterocycles. The molecule has 1 aliphatic carbocycles. The van der Waals surface area contributed by atoms with E-state index in [0.717, 1.165) is 32.1 Å². The first-order valence-electron chi connectivity index (χ1n) is 10.8. The fraction of sp³-hybridized carbons (Fsp3) is 0.292. The maximum absolute atomic E-state index is 13.5. The number of nitrogens with one attached hydrogen (secondary N) is 1. The fourth-order valence-corrected chi connectivity index (χ4v) is 4.30. The minimum atomic E-state index is -1.10. The van der Waals surface area contributed by atoms with E-state index in [1.54, 1.807) is 0 Å². The predicted octanol–water partition coefficient (Wildman–Crippen LogP) is 3.85. The minimum absolute atomic E-state index is 0.0374. The fourth-order valence-electron chi connectivity index (χ4n) is 4.30. The first-order valence-corrected chi connectivity index (χ1v) is 10.8. The molecule has 0 radical (unpaired) electrons. The van der Waals surface area contributed by atoms with Gasteiger partial charge in [0.1, 0.15) is 23.4 Å². The van der Waals surface area contributed by atoms with Gasteiger partial charge in [0.05, 0.1) is 16.9 Å². The van der Waals surface area contributed by atoms with E-state index in [1.165, 1.54) is 53.2 Å². The number of phenolic OH excluding ortho intramolecular Hbond substituents is 2. The van der Waals surface area contributed by atoms with Gasteiger partial charge in [-0.05, 0) is 61.2 Å². The maximum atomic E-state index is 13.5. The van der Waals surface area contributed by atoms with Crippen molar-refractivity contribution in [3.63, 3.8) is 0 Å². The van der Waals surface area contributed by atoms with Crippen LogP contribution in [-0.4, -0.2) is 43.0 Å². The van der Waals surface area contributed by atoms with Gasteiger partial charge in [-0.15, -0.1) is 0 Å². The highest BCUT2D eigenvalue weighted by Gasteiger charge is 2.32. The summed E-state index contributed by atoms with van der Waals surface area (Å²) in [4.78, 5) is 24.9. The van der Waals surface area contributed by atoms with Crippen molar-refractivity contribution in [2.75, 3.05) is 0 Å². The van der Waals surface area contributed by atoms with E-state index in [9.17, 15) is 29.3 Å². The number of halogens is 1. The number of carboxylic acids is 1. The Kier molecular flexibility index (Phi) is 6.30. The Morgan fingerprint density at radius 1 is 1.03 bits per heavy atom. The van der Waals surface area contributed by atoms with Crippen LogP contribution in [0.3, 0.4) is 0 Å². The van der Waals surface area contributed by atoms with E-state index in [0.29, 0.717) is 5.69 Å². The van der Waals surface area contributed by atoms with Crippen LogP contribution in [0.4, 0.5) is 4.39 Å². The smallest absolute Gasteiger partial charge is 0.326 e. The molecule has 1 amide bonds. The van der Waals surface area contributed by atoms with E-state index in [-0.39, 0.29) is 34.4 Å². The second-order valence-electron chi connectivity index (χ2n) is 8.16. The number of aromatic nitrogens is 2. The van der Waals surface area contributed by atoms with Crippen LogP contribution in [0, 0.1) is 11.7 Å². The lowest BCUT2D eigenvalue weighted by atomic mass is 9.84. The molecule has 4 N–H and O–H groups in total. The molecule has 1 unspecified atom stereocenters. The zero-order chi connectivity index (χ0) is 23.5. The van der Waals surface area contributed by atoms with E-state index in [4.69, 9.17) is 0 Å². The van der Waals surface area contributed by atoms with Crippen LogP contribution in [0.2, 0.25) is 0 Å². The number of rotatable bonds is 6. The van der Waals surface area contributed by atoms with Crippen LogP contribution < -0.4 is 5.32 Å². The third-order valence-electron chi connectivity index (χ3n) is 5.96. The van der Waals surface area contributed by atoms with Crippen molar-refractivity contribution < 1.29 is 29.3 Å². The molecule has 1 aromatic heterocycles. The molecule has 1 atom stereocenters. The zero-order valence-corrected chi connectivity index (χ0v) is 17.7. The molecule has 0 spiro atoms. The topological polar surface area (TPSA) is 125 Å². The van der Waals surface area contributed by atoms with Crippen molar-refractivity contribution in [1.29, 1.82) is 0 Å². The van der Waals surface area contributed by atoms with Crippen molar-refractivity contribution in [1.82, 2.24) is 15.1 Å². The molecule has 1 fully saturated rings. The van der Waals surface area contributed by atoms with Crippen LogP contribution >= 0.6 is 0 Å².